The van der Waals surface area contributed by atoms with Crippen molar-refractivity contribution in [3.8, 4) is 22.5 Å². The second-order valence-corrected chi connectivity index (χ2v) is 6.54. The molecule has 4 rings (SSSR count). The van der Waals surface area contributed by atoms with Gasteiger partial charge in [0.05, 0.1) is 11.3 Å². The molecule has 5 heteroatoms. The second kappa shape index (κ2) is 7.03. The molecule has 0 saturated carbocycles. The van der Waals surface area contributed by atoms with Crippen molar-refractivity contribution in [2.45, 2.75) is 20.8 Å². The van der Waals surface area contributed by atoms with Crippen LogP contribution in [0.4, 0.5) is 11.6 Å². The molecule has 0 atom stereocenters. The second-order valence-electron chi connectivity index (χ2n) is 6.54. The molecular formula is C22H20N4O. The minimum Gasteiger partial charge on any atom is -0.360 e. The van der Waals surface area contributed by atoms with Crippen molar-refractivity contribution in [3.05, 3.63) is 77.7 Å². The van der Waals surface area contributed by atoms with Crippen molar-refractivity contribution >= 4 is 11.6 Å². The van der Waals surface area contributed by atoms with E-state index < -0.39 is 0 Å². The Kier molecular flexibility index (Phi) is 4.42. The average Bonchev–Trinajstić information content (AvgIpc) is 3.06. The van der Waals surface area contributed by atoms with Crippen LogP contribution in [0.3, 0.4) is 0 Å². The van der Waals surface area contributed by atoms with Crippen LogP contribution in [0.25, 0.3) is 22.5 Å². The van der Waals surface area contributed by atoms with Crippen molar-refractivity contribution in [2.75, 3.05) is 5.32 Å². The number of nitrogens with zero attached hydrogens (tertiary/aromatic N) is 3. The molecule has 0 spiro atoms. The van der Waals surface area contributed by atoms with Crippen molar-refractivity contribution in [1.29, 1.82) is 0 Å². The third kappa shape index (κ3) is 3.44. The summed E-state index contributed by atoms with van der Waals surface area (Å²) in [4.78, 5) is 9.07. The van der Waals surface area contributed by atoms with Crippen molar-refractivity contribution in [2.24, 2.45) is 0 Å². The molecule has 1 N–H and O–H groups in total. The third-order valence-electron chi connectivity index (χ3n) is 4.45. The molecular weight excluding hydrogens is 336 g/mol. The Morgan fingerprint density at radius 3 is 2.52 bits per heavy atom. The van der Waals surface area contributed by atoms with Gasteiger partial charge in [-0.25, -0.2) is 9.97 Å². The van der Waals surface area contributed by atoms with Gasteiger partial charge < -0.3 is 9.84 Å². The smallest absolute Gasteiger partial charge is 0.227 e. The Bertz CT molecular complexity index is 1090. The first-order chi connectivity index (χ1) is 13.1. The predicted octanol–water partition coefficient (Wildman–Crippen LogP) is 5.47. The van der Waals surface area contributed by atoms with E-state index in [0.29, 0.717) is 5.95 Å². The summed E-state index contributed by atoms with van der Waals surface area (Å²) in [6, 6.07) is 18.1. The van der Waals surface area contributed by atoms with Crippen LogP contribution in [0.5, 0.6) is 0 Å². The van der Waals surface area contributed by atoms with Crippen molar-refractivity contribution in [1.82, 2.24) is 15.1 Å². The molecule has 2 aromatic heterocycles. The van der Waals surface area contributed by atoms with E-state index in [1.807, 2.05) is 49.4 Å². The minimum atomic E-state index is 0.541. The zero-order chi connectivity index (χ0) is 18.8. The highest BCUT2D eigenvalue weighted by atomic mass is 16.5. The zero-order valence-corrected chi connectivity index (χ0v) is 15.5. The number of benzene rings is 2. The molecule has 2 heterocycles. The number of aromatic nitrogens is 3. The Morgan fingerprint density at radius 2 is 1.74 bits per heavy atom. The summed E-state index contributed by atoms with van der Waals surface area (Å²) in [5.41, 5.74) is 6.79. The van der Waals surface area contributed by atoms with Gasteiger partial charge in [0, 0.05) is 17.4 Å². The highest BCUT2D eigenvalue weighted by Gasteiger charge is 2.18. The highest BCUT2D eigenvalue weighted by Crippen LogP contribution is 2.33. The van der Waals surface area contributed by atoms with Gasteiger partial charge in [0.15, 0.2) is 0 Å². The summed E-state index contributed by atoms with van der Waals surface area (Å²) < 4.78 is 5.46. The Labute approximate surface area is 158 Å². The molecule has 4 aromatic rings. The molecule has 0 aliphatic heterocycles. The Hall–Kier alpha value is -3.47. The lowest BCUT2D eigenvalue weighted by molar-refractivity contribution is 0.400. The maximum absolute atomic E-state index is 5.46. The maximum atomic E-state index is 5.46. The highest BCUT2D eigenvalue weighted by molar-refractivity contribution is 5.80. The molecule has 0 aliphatic carbocycles. The van der Waals surface area contributed by atoms with Crippen LogP contribution in [0.15, 0.2) is 65.3 Å². The lowest BCUT2D eigenvalue weighted by Crippen LogP contribution is -2.00. The van der Waals surface area contributed by atoms with Crippen LogP contribution >= 0.6 is 0 Å². The lowest BCUT2D eigenvalue weighted by Gasteiger charge is -2.10. The topological polar surface area (TPSA) is 63.8 Å². The van der Waals surface area contributed by atoms with Gasteiger partial charge in [0.25, 0.3) is 0 Å². The van der Waals surface area contributed by atoms with Gasteiger partial charge in [-0.2, -0.15) is 0 Å². The fraction of sp³-hybridized carbons (Fsp3) is 0.136. The van der Waals surface area contributed by atoms with Crippen LogP contribution < -0.4 is 5.32 Å². The standard InChI is InChI=1S/C22H20N4O/c1-14-9-10-18(15(2)13-14)24-22-23-12-11-19(25-22)20-16(3)27-26-21(20)17-7-5-4-6-8-17/h4-13H,1-3H3,(H,23,24,25). The molecule has 5 nitrogen and oxygen atoms in total. The fourth-order valence-corrected chi connectivity index (χ4v) is 3.10. The van der Waals surface area contributed by atoms with Gasteiger partial charge in [0.1, 0.15) is 11.5 Å². The average molecular weight is 356 g/mol. The van der Waals surface area contributed by atoms with Gasteiger partial charge in [-0.15, -0.1) is 0 Å². The van der Waals surface area contributed by atoms with E-state index in [1.165, 1.54) is 5.56 Å². The van der Waals surface area contributed by atoms with E-state index >= 15 is 0 Å². The van der Waals surface area contributed by atoms with Crippen LogP contribution in [-0.4, -0.2) is 15.1 Å². The molecule has 2 aromatic carbocycles. The third-order valence-corrected chi connectivity index (χ3v) is 4.45. The first kappa shape index (κ1) is 17.0. The van der Waals surface area contributed by atoms with E-state index in [9.17, 15) is 0 Å². The molecule has 0 aliphatic rings. The van der Waals surface area contributed by atoms with E-state index in [-0.39, 0.29) is 0 Å². The van der Waals surface area contributed by atoms with E-state index in [1.54, 1.807) is 6.20 Å². The van der Waals surface area contributed by atoms with Gasteiger partial charge in [0.2, 0.25) is 5.95 Å². The van der Waals surface area contributed by atoms with Crippen molar-refractivity contribution < 1.29 is 4.52 Å². The number of rotatable bonds is 4. The summed E-state index contributed by atoms with van der Waals surface area (Å²) in [7, 11) is 0. The number of hydrogen-bond acceptors (Lipinski definition) is 5. The van der Waals surface area contributed by atoms with Gasteiger partial charge in [-0.3, -0.25) is 0 Å². The predicted molar refractivity (Wildman–Crippen MR) is 107 cm³/mol. The van der Waals surface area contributed by atoms with Gasteiger partial charge >= 0.3 is 0 Å². The van der Waals surface area contributed by atoms with Crippen LogP contribution in [0.1, 0.15) is 16.9 Å². The van der Waals surface area contributed by atoms with E-state index in [4.69, 9.17) is 9.51 Å². The number of nitrogens with one attached hydrogen (secondary N) is 1. The molecule has 134 valence electrons. The molecule has 0 amide bonds. The minimum absolute atomic E-state index is 0.541. The van der Waals surface area contributed by atoms with Crippen LogP contribution in [0.2, 0.25) is 0 Å². The van der Waals surface area contributed by atoms with Crippen molar-refractivity contribution in [3.63, 3.8) is 0 Å². The number of anilines is 2. The number of hydrogen-bond donors (Lipinski definition) is 1. The largest absolute Gasteiger partial charge is 0.360 e. The first-order valence-corrected chi connectivity index (χ1v) is 8.81. The fourth-order valence-electron chi connectivity index (χ4n) is 3.10. The summed E-state index contributed by atoms with van der Waals surface area (Å²) in [6.07, 6.45) is 1.75. The SMILES string of the molecule is Cc1ccc(Nc2nccc(-c3c(-c4ccccc4)noc3C)n2)c(C)c1. The Balaban J connectivity index is 1.73. The van der Waals surface area contributed by atoms with Gasteiger partial charge in [-0.05, 0) is 38.5 Å². The summed E-state index contributed by atoms with van der Waals surface area (Å²) >= 11 is 0. The maximum Gasteiger partial charge on any atom is 0.227 e. The van der Waals surface area contributed by atoms with Crippen LogP contribution in [-0.2, 0) is 0 Å². The zero-order valence-electron chi connectivity index (χ0n) is 15.5. The molecule has 0 saturated heterocycles. The Morgan fingerprint density at radius 1 is 0.926 bits per heavy atom. The van der Waals surface area contributed by atoms with Crippen LogP contribution in [0, 0.1) is 20.8 Å². The molecule has 0 unspecified atom stereocenters. The lowest BCUT2D eigenvalue weighted by atomic mass is 10.0. The quantitative estimate of drug-likeness (QED) is 0.525. The summed E-state index contributed by atoms with van der Waals surface area (Å²) in [5, 5.41) is 7.55. The van der Waals surface area contributed by atoms with E-state index in [0.717, 1.165) is 39.5 Å². The number of aryl methyl sites for hydroxylation is 3. The van der Waals surface area contributed by atoms with E-state index in [2.05, 4.69) is 41.4 Å². The monoisotopic (exact) mass is 356 g/mol. The molecule has 0 fully saturated rings. The van der Waals surface area contributed by atoms with Gasteiger partial charge in [-0.1, -0.05) is 53.2 Å². The summed E-state index contributed by atoms with van der Waals surface area (Å²) in [6.45, 7) is 6.04. The molecule has 0 radical (unpaired) electrons. The normalized spacial score (nSPS) is 10.8. The molecule has 0 bridgehead atoms. The summed E-state index contributed by atoms with van der Waals surface area (Å²) in [5.74, 6) is 1.27. The molecule has 27 heavy (non-hydrogen) atoms. The first-order valence-electron chi connectivity index (χ1n) is 8.81.